The molecule has 0 aromatic carbocycles. The summed E-state index contributed by atoms with van der Waals surface area (Å²) in [6.07, 6.45) is 2.88. The number of Topliss-reactive ketones (excluding diaryl/α,β-unsaturated/α-hetero) is 1. The Balaban J connectivity index is 2.30. The average Bonchev–Trinajstić information content (AvgIpc) is 2.40. The van der Waals surface area contributed by atoms with Crippen LogP contribution in [0.1, 0.15) is 12.6 Å². The van der Waals surface area contributed by atoms with Crippen LogP contribution in [0.3, 0.4) is 0 Å². The van der Waals surface area contributed by atoms with E-state index in [-0.39, 0.29) is 24.5 Å². The van der Waals surface area contributed by atoms with Gasteiger partial charge in [0, 0.05) is 6.20 Å². The molecule has 2 heterocycles. The van der Waals surface area contributed by atoms with Crippen molar-refractivity contribution < 1.29 is 14.3 Å². The lowest BCUT2D eigenvalue weighted by atomic mass is 10.0. The van der Waals surface area contributed by atoms with Crippen LogP contribution in [-0.2, 0) is 14.3 Å². The SMILES string of the molecule is CCOC(=O)C1=CC(c2ccc(Cl)cn2)=NCC1=O. The van der Waals surface area contributed by atoms with Gasteiger partial charge in [0.1, 0.15) is 12.1 Å². The van der Waals surface area contributed by atoms with Crippen molar-refractivity contribution in [2.45, 2.75) is 6.92 Å². The molecule has 1 aliphatic rings. The van der Waals surface area contributed by atoms with E-state index >= 15 is 0 Å². The van der Waals surface area contributed by atoms with Crippen molar-refractivity contribution in [2.24, 2.45) is 4.99 Å². The second-order valence-electron chi connectivity index (χ2n) is 3.76. The summed E-state index contributed by atoms with van der Waals surface area (Å²) in [5, 5.41) is 0.505. The van der Waals surface area contributed by atoms with Crippen molar-refractivity contribution in [1.29, 1.82) is 0 Å². The Morgan fingerprint density at radius 1 is 1.47 bits per heavy atom. The smallest absolute Gasteiger partial charge is 0.341 e. The van der Waals surface area contributed by atoms with Crippen LogP contribution in [0.4, 0.5) is 0 Å². The highest BCUT2D eigenvalue weighted by molar-refractivity contribution is 6.30. The standard InChI is InChI=1S/C13H11ClN2O3/c1-2-19-13(18)9-5-11(16-7-12(9)17)10-4-3-8(14)6-15-10/h3-6H,2,7H2,1H3. The van der Waals surface area contributed by atoms with Gasteiger partial charge in [0.05, 0.1) is 23.0 Å². The number of carbonyl (C=O) groups is 2. The molecule has 1 aliphatic heterocycles. The fourth-order valence-electron chi connectivity index (χ4n) is 1.57. The number of halogens is 1. The van der Waals surface area contributed by atoms with Gasteiger partial charge in [-0.2, -0.15) is 0 Å². The number of hydrogen-bond donors (Lipinski definition) is 0. The first-order chi connectivity index (χ1) is 9.11. The molecule has 0 spiro atoms. The van der Waals surface area contributed by atoms with Gasteiger partial charge >= 0.3 is 5.97 Å². The Hall–Kier alpha value is -2.01. The van der Waals surface area contributed by atoms with Crippen LogP contribution in [0.25, 0.3) is 0 Å². The van der Waals surface area contributed by atoms with Gasteiger partial charge in [-0.25, -0.2) is 4.79 Å². The molecule has 0 saturated carbocycles. The van der Waals surface area contributed by atoms with E-state index in [1.54, 1.807) is 19.1 Å². The number of esters is 1. The Morgan fingerprint density at radius 2 is 2.26 bits per heavy atom. The Bertz CT molecular complexity index is 576. The van der Waals surface area contributed by atoms with Crippen LogP contribution in [-0.4, -0.2) is 35.6 Å². The van der Waals surface area contributed by atoms with Crippen molar-refractivity contribution >= 4 is 29.1 Å². The molecule has 5 nitrogen and oxygen atoms in total. The maximum Gasteiger partial charge on any atom is 0.341 e. The van der Waals surface area contributed by atoms with E-state index in [4.69, 9.17) is 16.3 Å². The summed E-state index contributed by atoms with van der Waals surface area (Å²) in [4.78, 5) is 31.4. The molecular formula is C13H11ClN2O3. The number of ether oxygens (including phenoxy) is 1. The van der Waals surface area contributed by atoms with Gasteiger partial charge in [-0.1, -0.05) is 11.6 Å². The van der Waals surface area contributed by atoms with Crippen molar-refractivity contribution in [3.8, 4) is 0 Å². The zero-order valence-electron chi connectivity index (χ0n) is 10.2. The summed E-state index contributed by atoms with van der Waals surface area (Å²) in [6, 6.07) is 3.34. The molecule has 0 fully saturated rings. The number of nitrogens with zero attached hydrogens (tertiary/aromatic N) is 2. The van der Waals surface area contributed by atoms with Crippen LogP contribution in [0.5, 0.6) is 0 Å². The molecule has 2 rings (SSSR count). The van der Waals surface area contributed by atoms with Crippen molar-refractivity contribution in [3.63, 3.8) is 0 Å². The molecule has 6 heteroatoms. The molecule has 1 aromatic heterocycles. The summed E-state index contributed by atoms with van der Waals surface area (Å²) < 4.78 is 4.83. The predicted molar refractivity (Wildman–Crippen MR) is 70.4 cm³/mol. The minimum Gasteiger partial charge on any atom is -0.462 e. The van der Waals surface area contributed by atoms with Gasteiger partial charge in [0.25, 0.3) is 0 Å². The van der Waals surface area contributed by atoms with Gasteiger partial charge in [0.2, 0.25) is 0 Å². The van der Waals surface area contributed by atoms with E-state index in [1.807, 2.05) is 0 Å². The lowest BCUT2D eigenvalue weighted by Gasteiger charge is -2.11. The Labute approximate surface area is 115 Å². The van der Waals surface area contributed by atoms with Gasteiger partial charge in [-0.3, -0.25) is 14.8 Å². The maximum absolute atomic E-state index is 11.6. The fourth-order valence-corrected chi connectivity index (χ4v) is 1.68. The van der Waals surface area contributed by atoms with Crippen LogP contribution in [0.2, 0.25) is 5.02 Å². The first-order valence-corrected chi connectivity index (χ1v) is 6.08. The molecule has 1 aromatic rings. The molecule has 0 radical (unpaired) electrons. The lowest BCUT2D eigenvalue weighted by Crippen LogP contribution is -2.23. The number of carbonyl (C=O) groups excluding carboxylic acids is 2. The Morgan fingerprint density at radius 3 is 2.89 bits per heavy atom. The quantitative estimate of drug-likeness (QED) is 0.622. The molecule has 0 atom stereocenters. The molecule has 98 valence electrons. The topological polar surface area (TPSA) is 68.6 Å². The minimum atomic E-state index is -0.631. The highest BCUT2D eigenvalue weighted by atomic mass is 35.5. The second-order valence-corrected chi connectivity index (χ2v) is 4.20. The summed E-state index contributed by atoms with van der Waals surface area (Å²) in [7, 11) is 0. The van der Waals surface area contributed by atoms with E-state index < -0.39 is 5.97 Å². The number of hydrogen-bond acceptors (Lipinski definition) is 5. The number of aromatic nitrogens is 1. The number of aliphatic imine (C=N–C) groups is 1. The summed E-state index contributed by atoms with van der Waals surface area (Å²) in [5.41, 5.74) is 1.03. The van der Waals surface area contributed by atoms with Gasteiger partial charge < -0.3 is 4.74 Å². The first kappa shape index (κ1) is 13.4. The van der Waals surface area contributed by atoms with E-state index in [2.05, 4.69) is 9.98 Å². The molecule has 0 amide bonds. The third-order valence-corrected chi connectivity index (χ3v) is 2.68. The van der Waals surface area contributed by atoms with Crippen molar-refractivity contribution in [2.75, 3.05) is 13.2 Å². The lowest BCUT2D eigenvalue weighted by molar-refractivity contribution is -0.139. The number of ketones is 1. The van der Waals surface area contributed by atoms with E-state index in [1.165, 1.54) is 12.3 Å². The predicted octanol–water partition coefficient (Wildman–Crippen LogP) is 1.60. The highest BCUT2D eigenvalue weighted by Gasteiger charge is 2.24. The molecule has 0 bridgehead atoms. The summed E-state index contributed by atoms with van der Waals surface area (Å²) >= 11 is 5.75. The summed E-state index contributed by atoms with van der Waals surface area (Å²) in [6.45, 7) is 1.82. The number of rotatable bonds is 3. The van der Waals surface area contributed by atoms with E-state index in [0.717, 1.165) is 0 Å². The molecule has 0 aliphatic carbocycles. The van der Waals surface area contributed by atoms with Gasteiger partial charge in [-0.15, -0.1) is 0 Å². The van der Waals surface area contributed by atoms with Gasteiger partial charge in [0.15, 0.2) is 5.78 Å². The molecule has 0 N–H and O–H groups in total. The highest BCUT2D eigenvalue weighted by Crippen LogP contribution is 2.13. The average molecular weight is 279 g/mol. The molecular weight excluding hydrogens is 268 g/mol. The molecule has 19 heavy (non-hydrogen) atoms. The van der Waals surface area contributed by atoms with Crippen molar-refractivity contribution in [3.05, 3.63) is 40.7 Å². The zero-order chi connectivity index (χ0) is 13.8. The minimum absolute atomic E-state index is 0.00333. The Kier molecular flexibility index (Phi) is 4.06. The molecule has 0 saturated heterocycles. The van der Waals surface area contributed by atoms with Crippen molar-refractivity contribution in [1.82, 2.24) is 4.98 Å². The van der Waals surface area contributed by atoms with Gasteiger partial charge in [-0.05, 0) is 25.1 Å². The van der Waals surface area contributed by atoms with E-state index in [9.17, 15) is 9.59 Å². The van der Waals surface area contributed by atoms with Crippen LogP contribution in [0.15, 0.2) is 35.0 Å². The monoisotopic (exact) mass is 278 g/mol. The number of dihydropyridines is 1. The third-order valence-electron chi connectivity index (χ3n) is 2.46. The molecule has 0 unspecified atom stereocenters. The number of pyridine rings is 1. The normalized spacial score (nSPS) is 14.7. The largest absolute Gasteiger partial charge is 0.462 e. The first-order valence-electron chi connectivity index (χ1n) is 5.70. The summed E-state index contributed by atoms with van der Waals surface area (Å²) in [5.74, 6) is -0.981. The fraction of sp³-hybridized carbons (Fsp3) is 0.231. The van der Waals surface area contributed by atoms with Crippen LogP contribution in [0, 0.1) is 0 Å². The second kappa shape index (κ2) is 5.75. The van der Waals surface area contributed by atoms with E-state index in [0.29, 0.717) is 16.4 Å². The van der Waals surface area contributed by atoms with Crippen LogP contribution < -0.4 is 0 Å². The number of allylic oxidation sites excluding steroid dienone is 1. The van der Waals surface area contributed by atoms with Crippen LogP contribution >= 0.6 is 11.6 Å². The third kappa shape index (κ3) is 3.06. The zero-order valence-corrected chi connectivity index (χ0v) is 11.0. The maximum atomic E-state index is 11.6.